The Morgan fingerprint density at radius 3 is 1.25 bits per heavy atom. The SMILES string of the molecule is c1ccc(-c2ccc(-c3ccc4c(c3)c3cc(-c5ccc(-c6ccccc6)cc5)ccc3n4-c3ccc(-c4nc5ccccc5o4)cc3)cc2)cc1. The van der Waals surface area contributed by atoms with Crippen molar-refractivity contribution in [3.8, 4) is 61.6 Å². The predicted molar refractivity (Wildman–Crippen MR) is 216 cm³/mol. The van der Waals surface area contributed by atoms with Crippen LogP contribution in [-0.2, 0) is 0 Å². The third-order valence-electron chi connectivity index (χ3n) is 10.1. The number of hydrogen-bond acceptors (Lipinski definition) is 2. The normalized spacial score (nSPS) is 11.5. The van der Waals surface area contributed by atoms with Crippen molar-refractivity contribution in [2.24, 2.45) is 0 Å². The van der Waals surface area contributed by atoms with E-state index < -0.39 is 0 Å². The van der Waals surface area contributed by atoms with Crippen molar-refractivity contribution >= 4 is 32.9 Å². The molecule has 0 fully saturated rings. The van der Waals surface area contributed by atoms with Crippen LogP contribution >= 0.6 is 0 Å². The quantitative estimate of drug-likeness (QED) is 0.177. The Labute approximate surface area is 301 Å². The van der Waals surface area contributed by atoms with Gasteiger partial charge >= 0.3 is 0 Å². The first-order valence-electron chi connectivity index (χ1n) is 17.6. The van der Waals surface area contributed by atoms with Crippen molar-refractivity contribution in [1.29, 1.82) is 0 Å². The Hall–Kier alpha value is -6.97. The highest BCUT2D eigenvalue weighted by Gasteiger charge is 2.16. The van der Waals surface area contributed by atoms with Gasteiger partial charge in [0.1, 0.15) is 5.52 Å². The summed E-state index contributed by atoms with van der Waals surface area (Å²) in [6.07, 6.45) is 0. The maximum absolute atomic E-state index is 6.08. The van der Waals surface area contributed by atoms with Crippen molar-refractivity contribution < 1.29 is 4.42 Å². The third kappa shape index (κ3) is 5.28. The molecule has 0 aliphatic carbocycles. The fourth-order valence-electron chi connectivity index (χ4n) is 7.38. The molecule has 0 amide bonds. The molecule has 244 valence electrons. The molecule has 0 unspecified atom stereocenters. The monoisotopic (exact) mass is 664 g/mol. The number of para-hydroxylation sites is 2. The standard InChI is InChI=1S/C49H32N2O/c1-3-9-33(10-4-1)35-15-19-37(20-16-35)40-25-29-46-43(31-40)44-32-41(38-21-17-36(18-22-38)34-11-5-2-6-12-34)26-30-47(44)51(46)42-27-23-39(24-28-42)49-50-45-13-7-8-14-48(45)52-49/h1-32H. The second kappa shape index (κ2) is 12.4. The summed E-state index contributed by atoms with van der Waals surface area (Å²) in [5, 5.41) is 2.43. The smallest absolute Gasteiger partial charge is 0.227 e. The summed E-state index contributed by atoms with van der Waals surface area (Å²) in [6, 6.07) is 69.0. The van der Waals surface area contributed by atoms with Crippen LogP contribution in [-0.4, -0.2) is 9.55 Å². The van der Waals surface area contributed by atoms with E-state index in [-0.39, 0.29) is 0 Å². The first-order chi connectivity index (χ1) is 25.7. The van der Waals surface area contributed by atoms with Gasteiger partial charge in [0.15, 0.2) is 5.58 Å². The molecule has 2 aromatic heterocycles. The fourth-order valence-corrected chi connectivity index (χ4v) is 7.38. The molecule has 10 aromatic rings. The van der Waals surface area contributed by atoms with E-state index in [1.54, 1.807) is 0 Å². The Bertz CT molecular complexity index is 2670. The number of benzene rings is 8. The van der Waals surface area contributed by atoms with Gasteiger partial charge < -0.3 is 8.98 Å². The van der Waals surface area contributed by atoms with Crippen molar-refractivity contribution in [2.45, 2.75) is 0 Å². The van der Waals surface area contributed by atoms with Gasteiger partial charge in [0.25, 0.3) is 0 Å². The van der Waals surface area contributed by atoms with Crippen LogP contribution in [0.5, 0.6) is 0 Å². The molecular formula is C49H32N2O. The van der Waals surface area contributed by atoms with Gasteiger partial charge in [0, 0.05) is 22.0 Å². The number of oxazole rings is 1. The van der Waals surface area contributed by atoms with Crippen LogP contribution in [0.15, 0.2) is 199 Å². The van der Waals surface area contributed by atoms with Crippen molar-refractivity contribution in [3.05, 3.63) is 194 Å². The van der Waals surface area contributed by atoms with Crippen molar-refractivity contribution in [1.82, 2.24) is 9.55 Å². The van der Waals surface area contributed by atoms with Crippen LogP contribution in [0.1, 0.15) is 0 Å². The average molecular weight is 665 g/mol. The highest BCUT2D eigenvalue weighted by atomic mass is 16.3. The topological polar surface area (TPSA) is 31.0 Å². The first-order valence-corrected chi connectivity index (χ1v) is 17.6. The highest BCUT2D eigenvalue weighted by molar-refractivity contribution is 6.11. The molecule has 0 N–H and O–H groups in total. The average Bonchev–Trinajstić information content (AvgIpc) is 3.81. The number of fused-ring (bicyclic) bond motifs is 4. The number of hydrogen-bond donors (Lipinski definition) is 0. The second-order valence-corrected chi connectivity index (χ2v) is 13.2. The lowest BCUT2D eigenvalue weighted by Crippen LogP contribution is -1.94. The summed E-state index contributed by atoms with van der Waals surface area (Å²) >= 11 is 0. The summed E-state index contributed by atoms with van der Waals surface area (Å²) in [5.41, 5.74) is 15.6. The number of rotatable bonds is 6. The maximum Gasteiger partial charge on any atom is 0.227 e. The van der Waals surface area contributed by atoms with E-state index in [0.29, 0.717) is 5.89 Å². The zero-order valence-electron chi connectivity index (χ0n) is 28.3. The summed E-state index contributed by atoms with van der Waals surface area (Å²) in [4.78, 5) is 4.72. The van der Waals surface area contributed by atoms with E-state index in [1.165, 1.54) is 55.3 Å². The van der Waals surface area contributed by atoms with Crippen LogP contribution in [0.25, 0.3) is 94.6 Å². The predicted octanol–water partition coefficient (Wildman–Crippen LogP) is 13.3. The van der Waals surface area contributed by atoms with E-state index in [2.05, 4.69) is 174 Å². The Balaban J connectivity index is 1.09. The van der Waals surface area contributed by atoms with Crippen LogP contribution < -0.4 is 0 Å². The van der Waals surface area contributed by atoms with Gasteiger partial charge in [-0.25, -0.2) is 4.98 Å². The Kier molecular flexibility index (Phi) is 7.14. The zero-order chi connectivity index (χ0) is 34.4. The van der Waals surface area contributed by atoms with Gasteiger partial charge in [-0.15, -0.1) is 0 Å². The molecule has 3 nitrogen and oxygen atoms in total. The second-order valence-electron chi connectivity index (χ2n) is 13.2. The summed E-state index contributed by atoms with van der Waals surface area (Å²) < 4.78 is 8.45. The summed E-state index contributed by atoms with van der Waals surface area (Å²) in [5.74, 6) is 0.626. The van der Waals surface area contributed by atoms with Gasteiger partial charge in [-0.3, -0.25) is 0 Å². The molecule has 0 aliphatic heterocycles. The minimum atomic E-state index is 0.626. The fraction of sp³-hybridized carbons (Fsp3) is 0. The zero-order valence-corrected chi connectivity index (χ0v) is 28.3. The summed E-state index contributed by atoms with van der Waals surface area (Å²) in [7, 11) is 0. The molecule has 0 atom stereocenters. The number of aromatic nitrogens is 2. The molecular weight excluding hydrogens is 633 g/mol. The first kappa shape index (κ1) is 29.9. The molecule has 2 heterocycles. The van der Waals surface area contributed by atoms with E-state index in [1.807, 2.05) is 24.3 Å². The lowest BCUT2D eigenvalue weighted by atomic mass is 9.97. The third-order valence-corrected chi connectivity index (χ3v) is 10.1. The van der Waals surface area contributed by atoms with Crippen LogP contribution in [0.2, 0.25) is 0 Å². The molecule has 0 aliphatic rings. The minimum absolute atomic E-state index is 0.626. The lowest BCUT2D eigenvalue weighted by molar-refractivity contribution is 0.620. The van der Waals surface area contributed by atoms with Crippen LogP contribution in [0.3, 0.4) is 0 Å². The van der Waals surface area contributed by atoms with Crippen LogP contribution in [0.4, 0.5) is 0 Å². The molecule has 8 aromatic carbocycles. The van der Waals surface area contributed by atoms with Gasteiger partial charge in [-0.05, 0) is 105 Å². The Morgan fingerprint density at radius 1 is 0.346 bits per heavy atom. The van der Waals surface area contributed by atoms with Gasteiger partial charge in [0.2, 0.25) is 5.89 Å². The van der Waals surface area contributed by atoms with Crippen LogP contribution in [0, 0.1) is 0 Å². The van der Waals surface area contributed by atoms with E-state index in [9.17, 15) is 0 Å². The molecule has 10 rings (SSSR count). The van der Waals surface area contributed by atoms with Crippen molar-refractivity contribution in [3.63, 3.8) is 0 Å². The molecule has 52 heavy (non-hydrogen) atoms. The van der Waals surface area contributed by atoms with Crippen molar-refractivity contribution in [2.75, 3.05) is 0 Å². The molecule has 0 saturated carbocycles. The minimum Gasteiger partial charge on any atom is -0.436 e. The van der Waals surface area contributed by atoms with E-state index in [4.69, 9.17) is 9.40 Å². The molecule has 0 saturated heterocycles. The van der Waals surface area contributed by atoms with Gasteiger partial charge in [-0.2, -0.15) is 0 Å². The van der Waals surface area contributed by atoms with Gasteiger partial charge in [-0.1, -0.05) is 133 Å². The molecule has 0 spiro atoms. The largest absolute Gasteiger partial charge is 0.436 e. The number of nitrogens with zero attached hydrogens (tertiary/aromatic N) is 2. The molecule has 3 heteroatoms. The summed E-state index contributed by atoms with van der Waals surface area (Å²) in [6.45, 7) is 0. The van der Waals surface area contributed by atoms with E-state index in [0.717, 1.165) is 33.4 Å². The molecule has 0 bridgehead atoms. The lowest BCUT2D eigenvalue weighted by Gasteiger charge is -2.10. The molecule has 0 radical (unpaired) electrons. The highest BCUT2D eigenvalue weighted by Crippen LogP contribution is 2.38. The Morgan fingerprint density at radius 2 is 0.750 bits per heavy atom. The van der Waals surface area contributed by atoms with Gasteiger partial charge in [0.05, 0.1) is 11.0 Å². The maximum atomic E-state index is 6.08. The van der Waals surface area contributed by atoms with E-state index >= 15 is 0 Å².